The van der Waals surface area contributed by atoms with Gasteiger partial charge in [-0.2, -0.15) is 0 Å². The van der Waals surface area contributed by atoms with Gasteiger partial charge in [0.2, 0.25) is 0 Å². The van der Waals surface area contributed by atoms with Crippen LogP contribution < -0.4 is 4.74 Å². The number of ether oxygens (including phenoxy) is 2. The molecule has 0 fully saturated rings. The van der Waals surface area contributed by atoms with Crippen molar-refractivity contribution in [3.63, 3.8) is 0 Å². The summed E-state index contributed by atoms with van der Waals surface area (Å²) >= 11 is -3.02. The zero-order valence-corrected chi connectivity index (χ0v) is 14.8. The molecule has 0 saturated carbocycles. The molecule has 0 bridgehead atoms. The summed E-state index contributed by atoms with van der Waals surface area (Å²) in [5.74, 6) is -1.34. The van der Waals surface area contributed by atoms with Crippen molar-refractivity contribution in [2.45, 2.75) is 26.9 Å². The summed E-state index contributed by atoms with van der Waals surface area (Å²) in [6.07, 6.45) is -0.849. The molecule has 0 unspecified atom stereocenters. The van der Waals surface area contributed by atoms with Crippen LogP contribution in [0.3, 0.4) is 0 Å². The van der Waals surface area contributed by atoms with E-state index in [1.807, 2.05) is 0 Å². The Morgan fingerprint density at radius 3 is 2.09 bits per heavy atom. The molecule has 22 heavy (non-hydrogen) atoms. The summed E-state index contributed by atoms with van der Waals surface area (Å²) in [5.41, 5.74) is 0. The van der Waals surface area contributed by atoms with E-state index in [1.54, 1.807) is 24.3 Å². The third kappa shape index (κ3) is 5.51. The van der Waals surface area contributed by atoms with Crippen molar-refractivity contribution in [2.75, 3.05) is 7.11 Å². The molecule has 1 aromatic carbocycles. The molecule has 1 aromatic rings. The van der Waals surface area contributed by atoms with Crippen LogP contribution >= 0.6 is 20.6 Å². The van der Waals surface area contributed by atoms with Crippen molar-refractivity contribution >= 4 is 38.6 Å². The molecular weight excluding hydrogens is 407 g/mol. The molecule has 0 heterocycles. The predicted octanol–water partition coefficient (Wildman–Crippen LogP) is 2.26. The van der Waals surface area contributed by atoms with Crippen molar-refractivity contribution < 1.29 is 30.0 Å². The molecular formula is C14H17IO7. The van der Waals surface area contributed by atoms with Gasteiger partial charge in [-0.15, -0.1) is 0 Å². The number of esters is 1. The van der Waals surface area contributed by atoms with Gasteiger partial charge in [0.15, 0.2) is 0 Å². The second-order valence-electron chi connectivity index (χ2n) is 4.07. The molecule has 0 aliphatic heterocycles. The van der Waals surface area contributed by atoms with Gasteiger partial charge in [0.1, 0.15) is 0 Å². The molecule has 7 nitrogen and oxygen atoms in total. The second kappa shape index (κ2) is 8.57. The molecule has 8 heteroatoms. The topological polar surface area (TPSA) is 88.1 Å². The van der Waals surface area contributed by atoms with E-state index in [2.05, 4.69) is 4.74 Å². The van der Waals surface area contributed by atoms with Crippen LogP contribution in [0.1, 0.15) is 20.8 Å². The summed E-state index contributed by atoms with van der Waals surface area (Å²) < 4.78 is 20.9. The van der Waals surface area contributed by atoms with Crippen molar-refractivity contribution in [1.29, 1.82) is 0 Å². The van der Waals surface area contributed by atoms with Crippen LogP contribution in [-0.4, -0.2) is 31.1 Å². The fraction of sp³-hybridized carbons (Fsp3) is 0.357. The molecule has 122 valence electrons. The van der Waals surface area contributed by atoms with Crippen molar-refractivity contribution in [1.82, 2.24) is 0 Å². The van der Waals surface area contributed by atoms with E-state index in [1.165, 1.54) is 27.9 Å². The van der Waals surface area contributed by atoms with E-state index < -0.39 is 44.7 Å². The molecule has 1 rings (SSSR count). The van der Waals surface area contributed by atoms with Gasteiger partial charge in [-0.05, 0) is 0 Å². The van der Waals surface area contributed by atoms with Gasteiger partial charge in [-0.25, -0.2) is 0 Å². The number of para-hydroxylation sites is 1. The summed E-state index contributed by atoms with van der Waals surface area (Å²) in [7, 11) is 1.25. The van der Waals surface area contributed by atoms with Crippen LogP contribution in [0.4, 0.5) is 0 Å². The monoisotopic (exact) mass is 424 g/mol. The van der Waals surface area contributed by atoms with E-state index in [4.69, 9.17) is 10.9 Å². The average Bonchev–Trinajstić information content (AvgIpc) is 2.45. The molecule has 0 spiro atoms. The van der Waals surface area contributed by atoms with Crippen LogP contribution in [0.5, 0.6) is 5.75 Å². The maximum atomic E-state index is 11.4. The van der Waals surface area contributed by atoms with Crippen LogP contribution in [0.15, 0.2) is 24.3 Å². The molecule has 0 saturated heterocycles. The Labute approximate surface area is 136 Å². The quantitative estimate of drug-likeness (QED) is 0.512. The summed E-state index contributed by atoms with van der Waals surface area (Å²) in [6, 6.07) is 6.63. The fourth-order valence-electron chi connectivity index (χ4n) is 1.37. The van der Waals surface area contributed by atoms with Crippen LogP contribution in [-0.2, 0) is 25.3 Å². The van der Waals surface area contributed by atoms with Gasteiger partial charge in [0, 0.05) is 0 Å². The van der Waals surface area contributed by atoms with Crippen molar-refractivity contribution in [3.05, 3.63) is 27.8 Å². The van der Waals surface area contributed by atoms with Crippen LogP contribution in [0.25, 0.3) is 0 Å². The van der Waals surface area contributed by atoms with Crippen LogP contribution in [0, 0.1) is 3.57 Å². The van der Waals surface area contributed by atoms with E-state index in [9.17, 15) is 14.4 Å². The van der Waals surface area contributed by atoms with Gasteiger partial charge in [0.05, 0.1) is 0 Å². The van der Waals surface area contributed by atoms with E-state index >= 15 is 0 Å². The minimum atomic E-state index is -3.02. The summed E-state index contributed by atoms with van der Waals surface area (Å²) in [4.78, 5) is 33.9. The Hall–Kier alpha value is -1.84. The number of hydrogen-bond acceptors (Lipinski definition) is 7. The van der Waals surface area contributed by atoms with Crippen molar-refractivity contribution in [2.24, 2.45) is 0 Å². The van der Waals surface area contributed by atoms with E-state index in [0.717, 1.165) is 0 Å². The summed E-state index contributed by atoms with van der Waals surface area (Å²) in [6.45, 7) is 3.99. The first kappa shape index (κ1) is 18.2. The zero-order chi connectivity index (χ0) is 16.7. The Balaban J connectivity index is 3.07. The molecule has 0 aliphatic carbocycles. The standard InChI is InChI=1S/C14H17IO7/c1-9(14(18)19-4)20-13-8-6-5-7-12(13)15(21-10(2)16)22-11(3)17/h5-9H,1-4H3/t9-/m1/s1. The van der Waals surface area contributed by atoms with Gasteiger partial charge < -0.3 is 0 Å². The SMILES string of the molecule is COC(=O)[C@@H](C)Oc1ccccc1I(OC(C)=O)OC(C)=O. The first-order valence-electron chi connectivity index (χ1n) is 6.26. The van der Waals surface area contributed by atoms with Gasteiger partial charge in [-0.3, -0.25) is 0 Å². The average molecular weight is 424 g/mol. The molecule has 1 atom stereocenters. The van der Waals surface area contributed by atoms with E-state index in [0.29, 0.717) is 9.32 Å². The number of carbonyl (C=O) groups excluding carboxylic acids is 3. The third-order valence-electron chi connectivity index (χ3n) is 2.20. The maximum absolute atomic E-state index is 11.4. The number of rotatable bonds is 6. The Morgan fingerprint density at radius 1 is 1.05 bits per heavy atom. The third-order valence-corrected chi connectivity index (χ3v) is 6.08. The number of carbonyl (C=O) groups is 3. The Kier molecular flexibility index (Phi) is 7.09. The van der Waals surface area contributed by atoms with Crippen molar-refractivity contribution in [3.8, 4) is 5.75 Å². The zero-order valence-electron chi connectivity index (χ0n) is 12.6. The first-order chi connectivity index (χ1) is 10.3. The minimum absolute atomic E-state index is 0.313. The van der Waals surface area contributed by atoms with Gasteiger partial charge in [0.25, 0.3) is 0 Å². The first-order valence-corrected chi connectivity index (χ1v) is 9.10. The van der Waals surface area contributed by atoms with Gasteiger partial charge in [-0.1, -0.05) is 0 Å². The Bertz CT molecular complexity index is 542. The Morgan fingerprint density at radius 2 is 1.59 bits per heavy atom. The fourth-order valence-corrected chi connectivity index (χ4v) is 4.30. The molecule has 0 amide bonds. The number of methoxy groups -OCH3 is 1. The van der Waals surface area contributed by atoms with Crippen LogP contribution in [0.2, 0.25) is 0 Å². The molecule has 0 aliphatic rings. The van der Waals surface area contributed by atoms with Gasteiger partial charge >= 0.3 is 136 Å². The molecule has 0 aromatic heterocycles. The number of benzene rings is 1. The number of hydrogen-bond donors (Lipinski definition) is 0. The predicted molar refractivity (Wildman–Crippen MR) is 84.8 cm³/mol. The molecule has 0 radical (unpaired) electrons. The second-order valence-corrected chi connectivity index (χ2v) is 7.35. The van der Waals surface area contributed by atoms with E-state index in [-0.39, 0.29) is 0 Å². The number of halogens is 1. The normalized spacial score (nSPS) is 11.9. The molecule has 0 N–H and O–H groups in total. The summed E-state index contributed by atoms with van der Waals surface area (Å²) in [5, 5.41) is 0.